The number of nitrogens with two attached hydrogens (primary N) is 1. The van der Waals surface area contributed by atoms with Gasteiger partial charge in [-0.1, -0.05) is 5.16 Å². The van der Waals surface area contributed by atoms with Crippen LogP contribution in [0.25, 0.3) is 0 Å². The first-order valence-electron chi connectivity index (χ1n) is 4.90. The molecule has 2 rings (SSSR count). The number of nitrogens with zero attached hydrogens (tertiary/aromatic N) is 3. The van der Waals surface area contributed by atoms with Crippen LogP contribution in [0.3, 0.4) is 0 Å². The van der Waals surface area contributed by atoms with Gasteiger partial charge in [-0.15, -0.1) is 0 Å². The third-order valence-electron chi connectivity index (χ3n) is 2.15. The van der Waals surface area contributed by atoms with Gasteiger partial charge in [0, 0.05) is 6.92 Å². The second-order valence-corrected chi connectivity index (χ2v) is 3.51. The van der Waals surface area contributed by atoms with Crippen LogP contribution in [0.2, 0.25) is 0 Å². The molecule has 0 fully saturated rings. The number of aryl methyl sites for hydroxylation is 2. The number of hydrogen-bond donors (Lipinski definition) is 2. The van der Waals surface area contributed by atoms with Crippen molar-refractivity contribution in [1.82, 2.24) is 15.1 Å². The molecule has 0 aliphatic rings. The lowest BCUT2D eigenvalue weighted by Gasteiger charge is -2.04. The van der Waals surface area contributed by atoms with E-state index < -0.39 is 0 Å². The van der Waals surface area contributed by atoms with E-state index in [4.69, 9.17) is 10.3 Å². The summed E-state index contributed by atoms with van der Waals surface area (Å²) >= 11 is 0. The smallest absolute Gasteiger partial charge is 0.223 e. The van der Waals surface area contributed by atoms with Crippen LogP contribution in [0.4, 0.5) is 11.5 Å². The van der Waals surface area contributed by atoms with Gasteiger partial charge in [-0.05, 0) is 18.6 Å². The normalized spacial score (nSPS) is 10.4. The summed E-state index contributed by atoms with van der Waals surface area (Å²) in [5.41, 5.74) is 7.34. The molecule has 0 unspecified atom stereocenters. The van der Waals surface area contributed by atoms with E-state index in [9.17, 15) is 0 Å². The predicted octanol–water partition coefficient (Wildman–Crippen LogP) is 1.28. The Balaban J connectivity index is 2.02. The number of rotatable bonds is 3. The maximum Gasteiger partial charge on any atom is 0.223 e. The highest BCUT2D eigenvalue weighted by Gasteiger charge is 2.03. The molecule has 0 atom stereocenters. The molecule has 3 N–H and O–H groups in total. The van der Waals surface area contributed by atoms with Crippen LogP contribution in [-0.4, -0.2) is 15.1 Å². The first kappa shape index (κ1) is 10.4. The van der Waals surface area contributed by atoms with Crippen LogP contribution in [0.15, 0.2) is 16.8 Å². The summed E-state index contributed by atoms with van der Waals surface area (Å²) in [5.74, 6) is 1.90. The highest BCUT2D eigenvalue weighted by atomic mass is 16.5. The van der Waals surface area contributed by atoms with Crippen molar-refractivity contribution < 1.29 is 4.52 Å². The average molecular weight is 219 g/mol. The van der Waals surface area contributed by atoms with Crippen molar-refractivity contribution >= 4 is 11.5 Å². The Bertz CT molecular complexity index is 494. The fraction of sp³-hybridized carbons (Fsp3) is 0.300. The molecule has 0 aromatic carbocycles. The fourth-order valence-corrected chi connectivity index (χ4v) is 1.25. The van der Waals surface area contributed by atoms with Crippen molar-refractivity contribution in [3.05, 3.63) is 29.5 Å². The molecule has 0 saturated carbocycles. The Labute approximate surface area is 92.9 Å². The first-order chi connectivity index (χ1) is 7.65. The van der Waals surface area contributed by atoms with E-state index in [2.05, 4.69) is 20.4 Å². The summed E-state index contributed by atoms with van der Waals surface area (Å²) in [6.07, 6.45) is 1.62. The predicted molar refractivity (Wildman–Crippen MR) is 59.7 cm³/mol. The lowest BCUT2D eigenvalue weighted by Crippen LogP contribution is -2.04. The monoisotopic (exact) mass is 219 g/mol. The third-order valence-corrected chi connectivity index (χ3v) is 2.15. The van der Waals surface area contributed by atoms with E-state index in [1.54, 1.807) is 13.1 Å². The molecule has 6 nitrogen and oxygen atoms in total. The van der Waals surface area contributed by atoms with Crippen molar-refractivity contribution in [2.45, 2.75) is 20.4 Å². The number of aromatic nitrogens is 3. The molecule has 6 heteroatoms. The van der Waals surface area contributed by atoms with Crippen molar-refractivity contribution in [2.24, 2.45) is 0 Å². The second kappa shape index (κ2) is 4.18. The molecule has 84 valence electrons. The van der Waals surface area contributed by atoms with Gasteiger partial charge in [-0.25, -0.2) is 4.98 Å². The maximum atomic E-state index is 5.67. The Morgan fingerprint density at radius 3 is 2.88 bits per heavy atom. The summed E-state index contributed by atoms with van der Waals surface area (Å²) < 4.78 is 4.85. The van der Waals surface area contributed by atoms with Crippen LogP contribution in [0, 0.1) is 13.8 Å². The fourth-order valence-electron chi connectivity index (χ4n) is 1.25. The Morgan fingerprint density at radius 2 is 2.25 bits per heavy atom. The van der Waals surface area contributed by atoms with Crippen molar-refractivity contribution in [1.29, 1.82) is 0 Å². The van der Waals surface area contributed by atoms with E-state index in [1.807, 2.05) is 13.0 Å². The minimum absolute atomic E-state index is 0.480. The van der Waals surface area contributed by atoms with Crippen LogP contribution in [-0.2, 0) is 6.54 Å². The van der Waals surface area contributed by atoms with Crippen molar-refractivity contribution in [3.8, 4) is 0 Å². The average Bonchev–Trinajstić information content (AvgIpc) is 2.66. The van der Waals surface area contributed by atoms with Crippen LogP contribution >= 0.6 is 0 Å². The molecule has 0 spiro atoms. The minimum atomic E-state index is 0.480. The lowest BCUT2D eigenvalue weighted by molar-refractivity contribution is 0.388. The molecule has 2 aromatic heterocycles. The van der Waals surface area contributed by atoms with Gasteiger partial charge in [0.2, 0.25) is 5.89 Å². The van der Waals surface area contributed by atoms with E-state index >= 15 is 0 Å². The van der Waals surface area contributed by atoms with Gasteiger partial charge in [0.15, 0.2) is 5.82 Å². The number of pyridine rings is 1. The van der Waals surface area contributed by atoms with Crippen LogP contribution in [0.5, 0.6) is 0 Å². The summed E-state index contributed by atoms with van der Waals surface area (Å²) in [6, 6.07) is 1.88. The molecule has 16 heavy (non-hydrogen) atoms. The molecular formula is C10H13N5O. The van der Waals surface area contributed by atoms with Gasteiger partial charge in [0.1, 0.15) is 5.82 Å². The summed E-state index contributed by atoms with van der Waals surface area (Å²) in [7, 11) is 0. The molecule has 2 aromatic rings. The molecule has 0 saturated heterocycles. The van der Waals surface area contributed by atoms with Crippen molar-refractivity contribution in [2.75, 3.05) is 11.1 Å². The van der Waals surface area contributed by atoms with E-state index in [1.165, 1.54) is 0 Å². The van der Waals surface area contributed by atoms with E-state index in [0.717, 1.165) is 11.4 Å². The highest BCUT2D eigenvalue weighted by Crippen LogP contribution is 2.13. The van der Waals surface area contributed by atoms with Crippen LogP contribution in [0.1, 0.15) is 17.3 Å². The van der Waals surface area contributed by atoms with Crippen molar-refractivity contribution in [3.63, 3.8) is 0 Å². The van der Waals surface area contributed by atoms with E-state index in [-0.39, 0.29) is 0 Å². The molecule has 0 amide bonds. The molecule has 0 radical (unpaired) electrons. The Morgan fingerprint density at radius 1 is 1.44 bits per heavy atom. The Hall–Kier alpha value is -2.11. The number of nitrogens with one attached hydrogen (secondary N) is 1. The largest absolute Gasteiger partial charge is 0.397 e. The molecular weight excluding hydrogens is 206 g/mol. The molecule has 0 aliphatic carbocycles. The minimum Gasteiger partial charge on any atom is -0.397 e. The number of nitrogen functional groups attached to an aromatic ring is 1. The summed E-state index contributed by atoms with van der Waals surface area (Å²) in [4.78, 5) is 8.21. The highest BCUT2D eigenvalue weighted by molar-refractivity contribution is 5.50. The standard InChI is InChI=1S/C10H13N5O/c1-6-3-9(12-4-8(6)11)13-5-10-14-7(2)16-15-10/h3-4H,5,11H2,1-2H3,(H,12,13). The quantitative estimate of drug-likeness (QED) is 0.808. The second-order valence-electron chi connectivity index (χ2n) is 3.51. The lowest BCUT2D eigenvalue weighted by atomic mass is 10.2. The number of hydrogen-bond acceptors (Lipinski definition) is 6. The number of anilines is 2. The first-order valence-corrected chi connectivity index (χ1v) is 4.90. The Kier molecular flexibility index (Phi) is 2.72. The zero-order valence-corrected chi connectivity index (χ0v) is 9.19. The zero-order valence-electron chi connectivity index (χ0n) is 9.19. The van der Waals surface area contributed by atoms with Gasteiger partial charge >= 0.3 is 0 Å². The van der Waals surface area contributed by atoms with Crippen LogP contribution < -0.4 is 11.1 Å². The summed E-state index contributed by atoms with van der Waals surface area (Å²) in [5, 5.41) is 6.86. The van der Waals surface area contributed by atoms with Gasteiger partial charge in [-0.2, -0.15) is 4.98 Å². The molecule has 0 bridgehead atoms. The van der Waals surface area contributed by atoms with Gasteiger partial charge in [0.25, 0.3) is 0 Å². The van der Waals surface area contributed by atoms with Gasteiger partial charge in [-0.3, -0.25) is 0 Å². The van der Waals surface area contributed by atoms with Gasteiger partial charge < -0.3 is 15.6 Å². The molecule has 2 heterocycles. The zero-order chi connectivity index (χ0) is 11.5. The van der Waals surface area contributed by atoms with E-state index in [0.29, 0.717) is 23.9 Å². The van der Waals surface area contributed by atoms with Gasteiger partial charge in [0.05, 0.1) is 18.4 Å². The molecule has 0 aliphatic heterocycles. The topological polar surface area (TPSA) is 89.9 Å². The third kappa shape index (κ3) is 2.28. The SMILES string of the molecule is Cc1nc(CNc2cc(C)c(N)cn2)no1. The summed E-state index contributed by atoms with van der Waals surface area (Å²) in [6.45, 7) is 4.16. The maximum absolute atomic E-state index is 5.67.